The summed E-state index contributed by atoms with van der Waals surface area (Å²) in [7, 11) is 0. The van der Waals surface area contributed by atoms with Crippen molar-refractivity contribution in [3.05, 3.63) is 48.8 Å². The lowest BCUT2D eigenvalue weighted by Gasteiger charge is -2.35. The molecule has 2 N–H and O–H groups in total. The van der Waals surface area contributed by atoms with Gasteiger partial charge in [-0.15, -0.1) is 12.4 Å². The number of pyridine rings is 1. The first-order valence-electron chi connectivity index (χ1n) is 10.2. The molecule has 0 aliphatic carbocycles. The Balaban J connectivity index is 0.00000272. The summed E-state index contributed by atoms with van der Waals surface area (Å²) in [5.41, 5.74) is 4.62. The lowest BCUT2D eigenvalue weighted by atomic mass is 10.1. The Morgan fingerprint density at radius 3 is 2.58 bits per heavy atom. The predicted octanol–water partition coefficient (Wildman–Crippen LogP) is 3.23. The molecule has 0 unspecified atom stereocenters. The monoisotopic (exact) mass is 442 g/mol. The van der Waals surface area contributed by atoms with Crippen LogP contribution in [0, 0.1) is 0 Å². The second-order valence-electron chi connectivity index (χ2n) is 7.31. The molecule has 31 heavy (non-hydrogen) atoms. The van der Waals surface area contributed by atoms with Gasteiger partial charge in [0.05, 0.1) is 11.9 Å². The molecule has 1 aliphatic rings. The van der Waals surface area contributed by atoms with Crippen molar-refractivity contribution in [3.63, 3.8) is 0 Å². The van der Waals surface area contributed by atoms with Crippen LogP contribution in [-0.2, 0) is 4.79 Å². The van der Waals surface area contributed by atoms with Gasteiger partial charge < -0.3 is 20.4 Å². The number of urea groups is 1. The van der Waals surface area contributed by atoms with E-state index in [0.717, 1.165) is 54.5 Å². The summed E-state index contributed by atoms with van der Waals surface area (Å²) < 4.78 is 2.04. The quantitative estimate of drug-likeness (QED) is 0.650. The number of carbonyl (C=O) groups is 2. The van der Waals surface area contributed by atoms with Crippen LogP contribution in [0.3, 0.4) is 0 Å². The zero-order valence-electron chi connectivity index (χ0n) is 17.7. The number of nitrogens with one attached hydrogen (secondary N) is 2. The topological polar surface area (TPSA) is 82.0 Å². The minimum atomic E-state index is -0.220. The molecule has 0 saturated carbocycles. The molecule has 9 heteroatoms. The Morgan fingerprint density at radius 2 is 1.87 bits per heavy atom. The molecule has 0 atom stereocenters. The van der Waals surface area contributed by atoms with Crippen LogP contribution in [0.4, 0.5) is 16.2 Å². The first-order chi connectivity index (χ1) is 14.5. The molecule has 4 rings (SSSR count). The van der Waals surface area contributed by atoms with Gasteiger partial charge in [-0.25, -0.2) is 9.78 Å². The second-order valence-corrected chi connectivity index (χ2v) is 7.31. The van der Waals surface area contributed by atoms with Crippen molar-refractivity contribution in [2.24, 2.45) is 0 Å². The number of carbonyl (C=O) groups excluding carboxylic acids is 2. The molecule has 3 amide bonds. The molecule has 8 nitrogen and oxygen atoms in total. The van der Waals surface area contributed by atoms with Crippen LogP contribution in [0.15, 0.2) is 48.8 Å². The molecule has 0 radical (unpaired) electrons. The van der Waals surface area contributed by atoms with E-state index in [2.05, 4.69) is 32.7 Å². The van der Waals surface area contributed by atoms with Gasteiger partial charge in [0.1, 0.15) is 5.65 Å². The summed E-state index contributed by atoms with van der Waals surface area (Å²) in [5, 5.41) is 5.57. The first-order valence-corrected chi connectivity index (χ1v) is 10.2. The van der Waals surface area contributed by atoms with Crippen LogP contribution in [0.1, 0.15) is 13.8 Å². The van der Waals surface area contributed by atoms with Crippen molar-refractivity contribution in [2.45, 2.75) is 13.8 Å². The number of piperazine rings is 1. The van der Waals surface area contributed by atoms with Crippen LogP contribution in [0.25, 0.3) is 16.9 Å². The largest absolute Gasteiger partial charge is 0.368 e. The van der Waals surface area contributed by atoms with Gasteiger partial charge >= 0.3 is 6.03 Å². The van der Waals surface area contributed by atoms with Gasteiger partial charge in [0, 0.05) is 68.8 Å². The number of nitrogens with zero attached hydrogens (tertiary/aromatic N) is 4. The molecule has 1 fully saturated rings. The maximum atomic E-state index is 11.8. The van der Waals surface area contributed by atoms with E-state index < -0.39 is 0 Å². The van der Waals surface area contributed by atoms with Crippen molar-refractivity contribution in [1.82, 2.24) is 19.6 Å². The zero-order chi connectivity index (χ0) is 21.1. The molecular weight excluding hydrogens is 416 g/mol. The third-order valence-corrected chi connectivity index (χ3v) is 5.34. The number of aromatic nitrogens is 2. The normalized spacial score (nSPS) is 13.6. The maximum absolute atomic E-state index is 11.8. The molecule has 0 bridgehead atoms. The number of halogens is 1. The third kappa shape index (κ3) is 4.91. The van der Waals surface area contributed by atoms with Gasteiger partial charge in [0.15, 0.2) is 0 Å². The summed E-state index contributed by atoms with van der Waals surface area (Å²) >= 11 is 0. The Bertz CT molecular complexity index is 1070. The predicted molar refractivity (Wildman–Crippen MR) is 125 cm³/mol. The van der Waals surface area contributed by atoms with Crippen LogP contribution in [-0.4, -0.2) is 58.9 Å². The fourth-order valence-corrected chi connectivity index (χ4v) is 3.75. The summed E-state index contributed by atoms with van der Waals surface area (Å²) in [4.78, 5) is 32.1. The Kier molecular flexibility index (Phi) is 7.02. The molecule has 3 aromatic rings. The molecule has 164 valence electrons. The van der Waals surface area contributed by atoms with E-state index in [-0.39, 0.29) is 24.3 Å². The van der Waals surface area contributed by atoms with Gasteiger partial charge in [-0.2, -0.15) is 0 Å². The molecule has 1 aliphatic heterocycles. The van der Waals surface area contributed by atoms with Crippen LogP contribution in [0.2, 0.25) is 0 Å². The Morgan fingerprint density at radius 1 is 1.10 bits per heavy atom. The number of rotatable bonds is 4. The Labute approximate surface area is 187 Å². The van der Waals surface area contributed by atoms with Crippen LogP contribution < -0.4 is 15.5 Å². The Hall–Kier alpha value is -3.26. The summed E-state index contributed by atoms with van der Waals surface area (Å²) in [6, 6.07) is 11.7. The molecular formula is C22H27ClN6O2. The van der Waals surface area contributed by atoms with Gasteiger partial charge in [-0.1, -0.05) is 12.1 Å². The minimum Gasteiger partial charge on any atom is -0.368 e. The van der Waals surface area contributed by atoms with Crippen molar-refractivity contribution in [1.29, 1.82) is 0 Å². The van der Waals surface area contributed by atoms with E-state index in [9.17, 15) is 9.59 Å². The number of hydrogen-bond acceptors (Lipinski definition) is 4. The summed E-state index contributed by atoms with van der Waals surface area (Å²) in [5.74, 6) is 0.131. The average molecular weight is 443 g/mol. The first kappa shape index (κ1) is 22.4. The third-order valence-electron chi connectivity index (χ3n) is 5.34. The highest BCUT2D eigenvalue weighted by atomic mass is 35.5. The number of fused-ring (bicyclic) bond motifs is 1. The van der Waals surface area contributed by atoms with E-state index in [1.165, 1.54) is 0 Å². The molecule has 0 spiro atoms. The molecule has 1 saturated heterocycles. The molecule has 2 aromatic heterocycles. The number of amides is 3. The molecule has 3 heterocycles. The van der Waals surface area contributed by atoms with E-state index in [0.29, 0.717) is 6.54 Å². The van der Waals surface area contributed by atoms with Crippen molar-refractivity contribution in [3.8, 4) is 11.3 Å². The van der Waals surface area contributed by atoms with E-state index in [1.54, 1.807) is 6.92 Å². The molecule has 1 aromatic carbocycles. The highest BCUT2D eigenvalue weighted by Crippen LogP contribution is 2.26. The minimum absolute atomic E-state index is 0. The highest BCUT2D eigenvalue weighted by molar-refractivity contribution is 5.90. The van der Waals surface area contributed by atoms with Crippen molar-refractivity contribution >= 4 is 41.4 Å². The van der Waals surface area contributed by atoms with Crippen molar-refractivity contribution < 1.29 is 9.59 Å². The number of anilines is 2. The number of imidazole rings is 1. The number of hydrogen-bond donors (Lipinski definition) is 2. The van der Waals surface area contributed by atoms with Gasteiger partial charge in [0.2, 0.25) is 5.91 Å². The number of benzene rings is 1. The summed E-state index contributed by atoms with van der Waals surface area (Å²) in [6.07, 6.45) is 3.87. The lowest BCUT2D eigenvalue weighted by molar-refractivity contribution is -0.129. The van der Waals surface area contributed by atoms with E-state index in [4.69, 9.17) is 0 Å². The van der Waals surface area contributed by atoms with Crippen LogP contribution >= 0.6 is 12.4 Å². The highest BCUT2D eigenvalue weighted by Gasteiger charge is 2.19. The average Bonchev–Trinajstić information content (AvgIpc) is 3.17. The standard InChI is InChI=1S/C22H26N6O2.ClH/c1-3-23-22(30)25-18-6-4-5-17(13-18)20-15-24-21-14-19(7-8-28(20)21)27-11-9-26(10-12-27)16(2)29;/h4-8,13-15H,3,9-12H2,1-2H3,(H2,23,25,30);1H. The van der Waals surface area contributed by atoms with E-state index >= 15 is 0 Å². The summed E-state index contributed by atoms with van der Waals surface area (Å²) in [6.45, 7) is 7.19. The SMILES string of the molecule is CCNC(=O)Nc1cccc(-c2cnc3cc(N4CCN(C(C)=O)CC4)ccn23)c1.Cl. The fraction of sp³-hybridized carbons (Fsp3) is 0.318. The fourth-order valence-electron chi connectivity index (χ4n) is 3.75. The lowest BCUT2D eigenvalue weighted by Crippen LogP contribution is -2.48. The van der Waals surface area contributed by atoms with Crippen molar-refractivity contribution in [2.75, 3.05) is 42.9 Å². The maximum Gasteiger partial charge on any atom is 0.319 e. The van der Waals surface area contributed by atoms with E-state index in [1.807, 2.05) is 52.9 Å². The smallest absolute Gasteiger partial charge is 0.319 e. The second kappa shape index (κ2) is 9.70. The van der Waals surface area contributed by atoms with Gasteiger partial charge in [-0.05, 0) is 25.1 Å². The van der Waals surface area contributed by atoms with Gasteiger partial charge in [-0.3, -0.25) is 9.20 Å². The van der Waals surface area contributed by atoms with Gasteiger partial charge in [0.25, 0.3) is 0 Å². The zero-order valence-corrected chi connectivity index (χ0v) is 18.5. The van der Waals surface area contributed by atoms with Crippen LogP contribution in [0.5, 0.6) is 0 Å².